The molecule has 2 atom stereocenters. The van der Waals surface area contributed by atoms with Crippen molar-refractivity contribution in [3.05, 3.63) is 24.0 Å². The van der Waals surface area contributed by atoms with Crippen molar-refractivity contribution in [1.29, 1.82) is 0 Å². The molecule has 1 aromatic heterocycles. The molecule has 0 saturated carbocycles. The van der Waals surface area contributed by atoms with Gasteiger partial charge in [0.15, 0.2) is 0 Å². The van der Waals surface area contributed by atoms with Crippen LogP contribution in [0.1, 0.15) is 17.4 Å². The predicted molar refractivity (Wildman–Crippen MR) is 71.5 cm³/mol. The number of carbonyl (C=O) groups is 2. The molecule has 2 heterocycles. The third-order valence-electron chi connectivity index (χ3n) is 3.44. The summed E-state index contributed by atoms with van der Waals surface area (Å²) in [5, 5.41) is 9.22. The Labute approximate surface area is 116 Å². The topological polar surface area (TPSA) is 106 Å². The molecule has 0 aliphatic carbocycles. The zero-order valence-corrected chi connectivity index (χ0v) is 11.2. The normalized spacial score (nSPS) is 21.6. The number of nitrogens with zero attached hydrogens (tertiary/aromatic N) is 2. The zero-order chi connectivity index (χ0) is 14.7. The van der Waals surface area contributed by atoms with Crippen molar-refractivity contribution < 1.29 is 19.4 Å². The number of carboxylic acid groups (broad SMARTS) is 1. The molecule has 1 aliphatic heterocycles. The van der Waals surface area contributed by atoms with Gasteiger partial charge in [-0.05, 0) is 19.1 Å². The van der Waals surface area contributed by atoms with Gasteiger partial charge in [0.2, 0.25) is 0 Å². The van der Waals surface area contributed by atoms with Crippen LogP contribution in [0.5, 0.6) is 0 Å². The maximum Gasteiger partial charge on any atom is 0.311 e. The van der Waals surface area contributed by atoms with Gasteiger partial charge in [-0.25, -0.2) is 0 Å². The fraction of sp³-hybridized carbons (Fsp3) is 0.462. The number of ether oxygens (including phenoxy) is 1. The number of aromatic nitrogens is 1. The number of anilines is 1. The molecule has 0 radical (unpaired) electrons. The summed E-state index contributed by atoms with van der Waals surface area (Å²) < 4.78 is 5.28. The molecule has 108 valence electrons. The predicted octanol–water partition coefficient (Wildman–Crippen LogP) is 0.106. The molecule has 1 saturated heterocycles. The summed E-state index contributed by atoms with van der Waals surface area (Å²) >= 11 is 0. The van der Waals surface area contributed by atoms with Gasteiger partial charge in [-0.2, -0.15) is 0 Å². The fourth-order valence-corrected chi connectivity index (χ4v) is 2.43. The minimum atomic E-state index is -0.880. The first kappa shape index (κ1) is 14.3. The summed E-state index contributed by atoms with van der Waals surface area (Å²) in [5.41, 5.74) is 6.09. The molecule has 0 spiro atoms. The molecule has 3 N–H and O–H groups in total. The van der Waals surface area contributed by atoms with Gasteiger partial charge in [0, 0.05) is 18.4 Å². The first-order valence-corrected chi connectivity index (χ1v) is 6.37. The standard InChI is InChI=1S/C13H17N3O4/c1-2-16(11-7-20-6-9(11)13(18)19)8-3-4-15-10(5-8)12(14)17/h3-5,9,11H,2,6-7H2,1H3,(H2,14,17)(H,18,19). The number of hydrogen-bond acceptors (Lipinski definition) is 5. The van der Waals surface area contributed by atoms with Crippen molar-refractivity contribution in [2.45, 2.75) is 13.0 Å². The molecule has 7 nitrogen and oxygen atoms in total. The third-order valence-corrected chi connectivity index (χ3v) is 3.44. The Hall–Kier alpha value is -2.15. The number of pyridine rings is 1. The van der Waals surface area contributed by atoms with Gasteiger partial charge < -0.3 is 20.5 Å². The Kier molecular flexibility index (Phi) is 4.19. The van der Waals surface area contributed by atoms with E-state index in [2.05, 4.69) is 4.98 Å². The fourth-order valence-electron chi connectivity index (χ4n) is 2.43. The van der Waals surface area contributed by atoms with Crippen LogP contribution in [0, 0.1) is 5.92 Å². The molecule has 1 aromatic rings. The number of carboxylic acids is 1. The van der Waals surface area contributed by atoms with E-state index in [1.165, 1.54) is 6.20 Å². The lowest BCUT2D eigenvalue weighted by Crippen LogP contribution is -2.43. The lowest BCUT2D eigenvalue weighted by Gasteiger charge is -2.31. The van der Waals surface area contributed by atoms with E-state index < -0.39 is 17.8 Å². The number of rotatable bonds is 5. The number of amides is 1. The lowest BCUT2D eigenvalue weighted by molar-refractivity contribution is -0.141. The van der Waals surface area contributed by atoms with E-state index in [0.29, 0.717) is 13.2 Å². The van der Waals surface area contributed by atoms with Crippen molar-refractivity contribution in [2.24, 2.45) is 11.7 Å². The van der Waals surface area contributed by atoms with Crippen molar-refractivity contribution in [1.82, 2.24) is 4.98 Å². The average Bonchev–Trinajstić information content (AvgIpc) is 2.89. The number of carbonyl (C=O) groups excluding carboxylic acids is 1. The molecule has 7 heteroatoms. The van der Waals surface area contributed by atoms with E-state index in [0.717, 1.165) is 5.69 Å². The van der Waals surface area contributed by atoms with Crippen molar-refractivity contribution in [3.8, 4) is 0 Å². The highest BCUT2D eigenvalue weighted by Gasteiger charge is 2.37. The molecule has 1 fully saturated rings. The maximum absolute atomic E-state index is 11.2. The van der Waals surface area contributed by atoms with Gasteiger partial charge in [-0.15, -0.1) is 0 Å². The monoisotopic (exact) mass is 279 g/mol. The van der Waals surface area contributed by atoms with Crippen LogP contribution in [0.4, 0.5) is 5.69 Å². The van der Waals surface area contributed by atoms with Gasteiger partial charge in [0.1, 0.15) is 11.6 Å². The van der Waals surface area contributed by atoms with Crippen LogP contribution in [0.15, 0.2) is 18.3 Å². The van der Waals surface area contributed by atoms with Crippen LogP contribution in [0.3, 0.4) is 0 Å². The maximum atomic E-state index is 11.2. The number of aliphatic carboxylic acids is 1. The summed E-state index contributed by atoms with van der Waals surface area (Å²) in [4.78, 5) is 28.2. The molecular formula is C13H17N3O4. The summed E-state index contributed by atoms with van der Waals surface area (Å²) in [6.45, 7) is 3.06. The Balaban J connectivity index is 2.30. The summed E-state index contributed by atoms with van der Waals surface area (Å²) in [7, 11) is 0. The van der Waals surface area contributed by atoms with Crippen molar-refractivity contribution in [2.75, 3.05) is 24.7 Å². The first-order chi connectivity index (χ1) is 9.54. The highest BCUT2D eigenvalue weighted by atomic mass is 16.5. The minimum absolute atomic E-state index is 0.159. The van der Waals surface area contributed by atoms with E-state index in [9.17, 15) is 14.7 Å². The summed E-state index contributed by atoms with van der Waals surface area (Å²) in [6, 6.07) is 3.04. The Morgan fingerprint density at radius 3 is 2.90 bits per heavy atom. The number of nitrogens with two attached hydrogens (primary N) is 1. The number of primary amides is 1. The second-order valence-corrected chi connectivity index (χ2v) is 4.60. The largest absolute Gasteiger partial charge is 0.481 e. The van der Waals surface area contributed by atoms with E-state index in [4.69, 9.17) is 10.5 Å². The second-order valence-electron chi connectivity index (χ2n) is 4.60. The highest BCUT2D eigenvalue weighted by molar-refractivity contribution is 5.91. The summed E-state index contributed by atoms with van der Waals surface area (Å²) in [6.07, 6.45) is 1.49. The molecule has 2 rings (SSSR count). The van der Waals surface area contributed by atoms with Crippen LogP contribution < -0.4 is 10.6 Å². The van der Waals surface area contributed by atoms with Gasteiger partial charge >= 0.3 is 5.97 Å². The Morgan fingerprint density at radius 1 is 1.55 bits per heavy atom. The van der Waals surface area contributed by atoms with Crippen LogP contribution in [-0.2, 0) is 9.53 Å². The van der Waals surface area contributed by atoms with Gasteiger partial charge in [0.05, 0.1) is 19.3 Å². The quantitative estimate of drug-likeness (QED) is 0.792. The lowest BCUT2D eigenvalue weighted by atomic mass is 10.0. The highest BCUT2D eigenvalue weighted by Crippen LogP contribution is 2.25. The number of likely N-dealkylation sites (N-methyl/N-ethyl adjacent to an activating group) is 1. The third kappa shape index (κ3) is 2.72. The minimum Gasteiger partial charge on any atom is -0.481 e. The second kappa shape index (κ2) is 5.87. The van der Waals surface area contributed by atoms with Crippen molar-refractivity contribution >= 4 is 17.6 Å². The van der Waals surface area contributed by atoms with Crippen molar-refractivity contribution in [3.63, 3.8) is 0 Å². The molecule has 1 aliphatic rings. The smallest absolute Gasteiger partial charge is 0.311 e. The van der Waals surface area contributed by atoms with Crippen LogP contribution in [0.25, 0.3) is 0 Å². The molecule has 0 bridgehead atoms. The van der Waals surface area contributed by atoms with Crippen LogP contribution in [0.2, 0.25) is 0 Å². The Morgan fingerprint density at radius 2 is 2.30 bits per heavy atom. The van der Waals surface area contributed by atoms with Gasteiger partial charge in [-0.1, -0.05) is 0 Å². The average molecular weight is 279 g/mol. The van der Waals surface area contributed by atoms with E-state index in [1.807, 2.05) is 11.8 Å². The molecule has 2 unspecified atom stereocenters. The SMILES string of the molecule is CCN(c1ccnc(C(N)=O)c1)C1COCC1C(=O)O. The van der Waals surface area contributed by atoms with Crippen LogP contribution in [-0.4, -0.2) is 47.8 Å². The van der Waals surface area contributed by atoms with Gasteiger partial charge in [-0.3, -0.25) is 14.6 Å². The first-order valence-electron chi connectivity index (χ1n) is 6.37. The summed E-state index contributed by atoms with van der Waals surface area (Å²) in [5.74, 6) is -2.07. The molecular weight excluding hydrogens is 262 g/mol. The number of hydrogen-bond donors (Lipinski definition) is 2. The van der Waals surface area contributed by atoms with E-state index in [-0.39, 0.29) is 18.3 Å². The zero-order valence-electron chi connectivity index (χ0n) is 11.2. The Bertz CT molecular complexity index is 520. The van der Waals surface area contributed by atoms with Crippen LogP contribution >= 0.6 is 0 Å². The molecule has 20 heavy (non-hydrogen) atoms. The van der Waals surface area contributed by atoms with Gasteiger partial charge in [0.25, 0.3) is 5.91 Å². The molecule has 1 amide bonds. The molecule has 0 aromatic carbocycles. The van der Waals surface area contributed by atoms with E-state index in [1.54, 1.807) is 12.1 Å². The van der Waals surface area contributed by atoms with E-state index >= 15 is 0 Å².